The Balaban J connectivity index is 1.59. The summed E-state index contributed by atoms with van der Waals surface area (Å²) in [7, 11) is 1.63. The number of nitrogens with one attached hydrogen (secondary N) is 2. The summed E-state index contributed by atoms with van der Waals surface area (Å²) in [4.78, 5) is 40.5. The van der Waals surface area contributed by atoms with Gasteiger partial charge in [0.15, 0.2) is 0 Å². The average molecular weight is 489 g/mol. The van der Waals surface area contributed by atoms with Gasteiger partial charge in [-0.15, -0.1) is 0 Å². The Morgan fingerprint density at radius 2 is 1.85 bits per heavy atom. The van der Waals surface area contributed by atoms with Crippen molar-refractivity contribution in [1.29, 1.82) is 0 Å². The normalized spacial score (nSPS) is 14.0. The largest absolute Gasteiger partial charge is 0.478 e. The van der Waals surface area contributed by atoms with E-state index >= 15 is 0 Å². The summed E-state index contributed by atoms with van der Waals surface area (Å²) in [6.45, 7) is 3.94. The number of hydrogen-bond acceptors (Lipinski definition) is 6. The number of methoxy groups -OCH3 is 1. The summed E-state index contributed by atoms with van der Waals surface area (Å²) in [5, 5.41) is 15.8. The summed E-state index contributed by atoms with van der Waals surface area (Å²) in [5.74, 6) is -1.48. The number of anilines is 2. The van der Waals surface area contributed by atoms with Gasteiger partial charge in [-0.3, -0.25) is 14.5 Å². The SMILES string of the molecule is COCCCNC(=O)CN1CCN(c2ccc(NC(=O)c3cccc(Cl)c3)cc2C(=O)O)CC1. The molecule has 2 aromatic carbocycles. The Bertz CT molecular complexity index is 1020. The van der Waals surface area contributed by atoms with Gasteiger partial charge in [0.05, 0.1) is 17.8 Å². The average Bonchev–Trinajstić information content (AvgIpc) is 2.82. The summed E-state index contributed by atoms with van der Waals surface area (Å²) >= 11 is 5.94. The Labute approximate surface area is 203 Å². The first-order valence-corrected chi connectivity index (χ1v) is 11.4. The molecule has 0 aromatic heterocycles. The smallest absolute Gasteiger partial charge is 0.337 e. The van der Waals surface area contributed by atoms with E-state index in [2.05, 4.69) is 10.6 Å². The Kier molecular flexibility index (Phi) is 9.26. The third-order valence-electron chi connectivity index (χ3n) is 5.50. The molecule has 1 aliphatic rings. The molecule has 2 aromatic rings. The number of piperazine rings is 1. The number of carboxylic acid groups (broad SMARTS) is 1. The molecular formula is C24H29ClN4O5. The molecule has 0 unspecified atom stereocenters. The molecule has 0 bridgehead atoms. The van der Waals surface area contributed by atoms with E-state index in [1.807, 2.05) is 9.80 Å². The van der Waals surface area contributed by atoms with Crippen LogP contribution in [-0.2, 0) is 9.53 Å². The van der Waals surface area contributed by atoms with Crippen LogP contribution in [0.5, 0.6) is 0 Å². The zero-order valence-corrected chi connectivity index (χ0v) is 19.8. The molecule has 3 rings (SSSR count). The van der Waals surface area contributed by atoms with Gasteiger partial charge in [0.2, 0.25) is 5.91 Å². The van der Waals surface area contributed by atoms with Crippen LogP contribution >= 0.6 is 11.6 Å². The summed E-state index contributed by atoms with van der Waals surface area (Å²) < 4.78 is 4.97. The van der Waals surface area contributed by atoms with Crippen LogP contribution in [-0.4, -0.2) is 80.8 Å². The minimum absolute atomic E-state index is 0.0319. The predicted molar refractivity (Wildman–Crippen MR) is 131 cm³/mol. The molecular weight excluding hydrogens is 460 g/mol. The highest BCUT2D eigenvalue weighted by Gasteiger charge is 2.23. The summed E-state index contributed by atoms with van der Waals surface area (Å²) in [5.41, 5.74) is 1.45. The third-order valence-corrected chi connectivity index (χ3v) is 5.73. The molecule has 9 nitrogen and oxygen atoms in total. The molecule has 1 aliphatic heterocycles. The van der Waals surface area contributed by atoms with Crippen molar-refractivity contribution >= 4 is 40.8 Å². The first-order valence-electron chi connectivity index (χ1n) is 11.0. The number of benzene rings is 2. The lowest BCUT2D eigenvalue weighted by atomic mass is 10.1. The van der Waals surface area contributed by atoms with E-state index in [1.54, 1.807) is 43.5 Å². The van der Waals surface area contributed by atoms with Crippen molar-refractivity contribution < 1.29 is 24.2 Å². The van der Waals surface area contributed by atoms with E-state index in [0.717, 1.165) is 6.42 Å². The highest BCUT2D eigenvalue weighted by atomic mass is 35.5. The lowest BCUT2D eigenvalue weighted by Crippen LogP contribution is -2.50. The first-order chi connectivity index (χ1) is 16.4. The maximum atomic E-state index is 12.5. The highest BCUT2D eigenvalue weighted by molar-refractivity contribution is 6.31. The van der Waals surface area contributed by atoms with Crippen LogP contribution in [0.1, 0.15) is 27.1 Å². The maximum absolute atomic E-state index is 12.5. The number of nitrogens with zero attached hydrogens (tertiary/aromatic N) is 2. The quantitative estimate of drug-likeness (QED) is 0.441. The lowest BCUT2D eigenvalue weighted by molar-refractivity contribution is -0.122. The lowest BCUT2D eigenvalue weighted by Gasteiger charge is -2.36. The number of halogens is 1. The van der Waals surface area contributed by atoms with E-state index < -0.39 is 5.97 Å². The van der Waals surface area contributed by atoms with Crippen molar-refractivity contribution in [2.75, 3.05) is 63.2 Å². The van der Waals surface area contributed by atoms with Crippen LogP contribution in [0.4, 0.5) is 11.4 Å². The van der Waals surface area contributed by atoms with Gasteiger partial charge < -0.3 is 25.4 Å². The van der Waals surface area contributed by atoms with Crippen molar-refractivity contribution in [2.45, 2.75) is 6.42 Å². The summed E-state index contributed by atoms with van der Waals surface area (Å²) in [6.07, 6.45) is 0.767. The molecule has 0 spiro atoms. The zero-order chi connectivity index (χ0) is 24.5. The molecule has 10 heteroatoms. The molecule has 34 heavy (non-hydrogen) atoms. The van der Waals surface area contributed by atoms with E-state index in [4.69, 9.17) is 16.3 Å². The molecule has 0 saturated carbocycles. The van der Waals surface area contributed by atoms with Gasteiger partial charge in [0.25, 0.3) is 5.91 Å². The van der Waals surface area contributed by atoms with Crippen LogP contribution in [0, 0.1) is 0 Å². The minimum Gasteiger partial charge on any atom is -0.478 e. The van der Waals surface area contributed by atoms with Crippen molar-refractivity contribution in [3.63, 3.8) is 0 Å². The highest BCUT2D eigenvalue weighted by Crippen LogP contribution is 2.26. The van der Waals surface area contributed by atoms with Gasteiger partial charge >= 0.3 is 5.97 Å². The molecule has 0 radical (unpaired) electrons. The van der Waals surface area contributed by atoms with Crippen molar-refractivity contribution in [1.82, 2.24) is 10.2 Å². The van der Waals surface area contributed by atoms with Gasteiger partial charge in [0, 0.05) is 62.7 Å². The fourth-order valence-corrected chi connectivity index (χ4v) is 3.93. The van der Waals surface area contributed by atoms with Crippen molar-refractivity contribution in [3.05, 3.63) is 58.6 Å². The van der Waals surface area contributed by atoms with Gasteiger partial charge in [0.1, 0.15) is 0 Å². The first kappa shape index (κ1) is 25.5. The van der Waals surface area contributed by atoms with Gasteiger partial charge in [-0.25, -0.2) is 4.79 Å². The zero-order valence-electron chi connectivity index (χ0n) is 19.1. The monoisotopic (exact) mass is 488 g/mol. The Morgan fingerprint density at radius 3 is 2.53 bits per heavy atom. The van der Waals surface area contributed by atoms with E-state index in [9.17, 15) is 19.5 Å². The Morgan fingerprint density at radius 1 is 1.09 bits per heavy atom. The van der Waals surface area contributed by atoms with Crippen LogP contribution in [0.25, 0.3) is 0 Å². The van der Waals surface area contributed by atoms with Crippen LogP contribution < -0.4 is 15.5 Å². The standard InChI is InChI=1S/C24H29ClN4O5/c1-34-13-3-8-26-22(30)16-28-9-11-29(12-10-28)21-7-6-19(15-20(21)24(32)33)27-23(31)17-4-2-5-18(25)14-17/h2,4-7,14-15H,3,8-13,16H2,1H3,(H,26,30)(H,27,31)(H,32,33). The number of carbonyl (C=O) groups is 3. The van der Waals surface area contributed by atoms with Crippen LogP contribution in [0.15, 0.2) is 42.5 Å². The number of ether oxygens (including phenoxy) is 1. The number of rotatable bonds is 10. The topological polar surface area (TPSA) is 111 Å². The fourth-order valence-electron chi connectivity index (χ4n) is 3.74. The number of hydrogen-bond donors (Lipinski definition) is 3. The van der Waals surface area contributed by atoms with Crippen LogP contribution in [0.3, 0.4) is 0 Å². The van der Waals surface area contributed by atoms with E-state index in [-0.39, 0.29) is 17.4 Å². The Hall–Kier alpha value is -3.14. The van der Waals surface area contributed by atoms with Gasteiger partial charge in [-0.2, -0.15) is 0 Å². The number of aromatic carboxylic acids is 1. The summed E-state index contributed by atoms with van der Waals surface area (Å²) in [6, 6.07) is 11.4. The van der Waals surface area contributed by atoms with Crippen molar-refractivity contribution in [3.8, 4) is 0 Å². The number of carboxylic acids is 1. The van der Waals surface area contributed by atoms with Gasteiger partial charge in [-0.05, 0) is 42.8 Å². The molecule has 3 N–H and O–H groups in total. The maximum Gasteiger partial charge on any atom is 0.337 e. The minimum atomic E-state index is -1.08. The van der Waals surface area contributed by atoms with E-state index in [1.165, 1.54) is 6.07 Å². The second-order valence-corrected chi connectivity index (χ2v) is 8.40. The molecule has 1 fully saturated rings. The number of carbonyl (C=O) groups excluding carboxylic acids is 2. The molecule has 2 amide bonds. The van der Waals surface area contributed by atoms with Crippen molar-refractivity contribution in [2.24, 2.45) is 0 Å². The molecule has 182 valence electrons. The molecule has 1 saturated heterocycles. The van der Waals surface area contributed by atoms with E-state index in [0.29, 0.717) is 67.8 Å². The number of amides is 2. The van der Waals surface area contributed by atoms with Crippen LogP contribution in [0.2, 0.25) is 5.02 Å². The molecule has 1 heterocycles. The second-order valence-electron chi connectivity index (χ2n) is 7.96. The fraction of sp³-hybridized carbons (Fsp3) is 0.375. The van der Waals surface area contributed by atoms with Gasteiger partial charge in [-0.1, -0.05) is 17.7 Å². The third kappa shape index (κ3) is 7.18. The predicted octanol–water partition coefficient (Wildman–Crippen LogP) is 2.57. The second kappa shape index (κ2) is 12.4. The molecule has 0 aliphatic carbocycles. The molecule has 0 atom stereocenters.